The van der Waals surface area contributed by atoms with Crippen molar-refractivity contribution in [3.05, 3.63) is 102 Å². The van der Waals surface area contributed by atoms with Crippen LogP contribution in [0, 0.1) is 0 Å². The van der Waals surface area contributed by atoms with E-state index in [1.165, 1.54) is 11.1 Å². The van der Waals surface area contributed by atoms with Crippen LogP contribution in [-0.4, -0.2) is 15.1 Å². The Kier molecular flexibility index (Phi) is 6.27. The van der Waals surface area contributed by atoms with Crippen molar-refractivity contribution in [2.75, 3.05) is 0 Å². The molecule has 1 N–H and O–H groups in total. The smallest absolute Gasteiger partial charge is 0.124 e. The van der Waals surface area contributed by atoms with E-state index >= 15 is 0 Å². The Bertz CT molecular complexity index is 1890. The Morgan fingerprint density at radius 1 is 0.625 bits per heavy atom. The molecule has 0 saturated carbocycles. The van der Waals surface area contributed by atoms with Crippen molar-refractivity contribution >= 4 is 32.5 Å². The highest BCUT2D eigenvalue weighted by atomic mass is 32.1. The molecule has 0 atom stereocenters. The lowest BCUT2D eigenvalue weighted by molar-refractivity contribution is 0.477. The van der Waals surface area contributed by atoms with Crippen molar-refractivity contribution in [3.63, 3.8) is 0 Å². The van der Waals surface area contributed by atoms with Gasteiger partial charge in [0.05, 0.1) is 15.7 Å². The SMILES string of the molecule is CC(C)(C)c1cc(-c2nc3c(-c4ccccc4O)cccc3s2)cc(-c2cc(C(C)(C)C)cc3cccnc23)c1. The van der Waals surface area contributed by atoms with E-state index in [4.69, 9.17) is 9.97 Å². The van der Waals surface area contributed by atoms with Gasteiger partial charge in [0.2, 0.25) is 0 Å². The largest absolute Gasteiger partial charge is 0.507 e. The number of nitrogens with zero attached hydrogens (tertiary/aromatic N) is 2. The molecule has 0 unspecified atom stereocenters. The molecule has 4 heteroatoms. The van der Waals surface area contributed by atoms with Gasteiger partial charge >= 0.3 is 0 Å². The van der Waals surface area contributed by atoms with Crippen molar-refractivity contribution in [1.82, 2.24) is 9.97 Å². The Morgan fingerprint density at radius 3 is 2.08 bits per heavy atom. The normalized spacial score (nSPS) is 12.3. The molecule has 0 radical (unpaired) electrons. The van der Waals surface area contributed by atoms with Crippen LogP contribution in [0.5, 0.6) is 5.75 Å². The predicted molar refractivity (Wildman–Crippen MR) is 170 cm³/mol. The number of hydrogen-bond donors (Lipinski definition) is 1. The monoisotopic (exact) mass is 542 g/mol. The molecular weight excluding hydrogens is 508 g/mol. The van der Waals surface area contributed by atoms with E-state index in [0.717, 1.165) is 53.9 Å². The number of benzene rings is 4. The van der Waals surface area contributed by atoms with Gasteiger partial charge < -0.3 is 5.11 Å². The van der Waals surface area contributed by atoms with Crippen LogP contribution >= 0.6 is 11.3 Å². The Balaban J connectivity index is 1.60. The average Bonchev–Trinajstić information content (AvgIpc) is 3.36. The van der Waals surface area contributed by atoms with Gasteiger partial charge in [0.1, 0.15) is 10.8 Å². The maximum absolute atomic E-state index is 10.6. The molecule has 4 aromatic carbocycles. The average molecular weight is 543 g/mol. The number of phenolic OH excluding ortho intramolecular Hbond substituents is 1. The van der Waals surface area contributed by atoms with Crippen LogP contribution in [0.15, 0.2) is 91.1 Å². The Hall–Kier alpha value is -4.02. The lowest BCUT2D eigenvalue weighted by atomic mass is 9.81. The van der Waals surface area contributed by atoms with Crippen molar-refractivity contribution < 1.29 is 5.11 Å². The number of para-hydroxylation sites is 2. The summed E-state index contributed by atoms with van der Waals surface area (Å²) in [6.07, 6.45) is 1.88. The van der Waals surface area contributed by atoms with Gasteiger partial charge in [-0.2, -0.15) is 0 Å². The standard InChI is InChI=1S/C36H34N2OS/c1-35(2,3)25-19-23(29-21-26(36(4,5)6)18-22-11-10-16-37-32(22)29)17-24(20-25)34-38-33-28(13-9-15-31(33)40-34)27-12-7-8-14-30(27)39/h7-21,39H,1-6H3. The maximum Gasteiger partial charge on any atom is 0.124 e. The van der Waals surface area contributed by atoms with Crippen LogP contribution in [0.1, 0.15) is 52.7 Å². The third-order valence-electron chi connectivity index (χ3n) is 7.54. The maximum atomic E-state index is 10.6. The first kappa shape index (κ1) is 26.2. The molecule has 0 fully saturated rings. The van der Waals surface area contributed by atoms with Crippen molar-refractivity contribution in [2.24, 2.45) is 0 Å². The number of rotatable bonds is 3. The lowest BCUT2D eigenvalue weighted by Crippen LogP contribution is -2.12. The molecule has 0 bridgehead atoms. The molecule has 2 heterocycles. The fourth-order valence-corrected chi connectivity index (χ4v) is 6.16. The van der Waals surface area contributed by atoms with E-state index in [1.807, 2.05) is 42.6 Å². The summed E-state index contributed by atoms with van der Waals surface area (Å²) in [5, 5.41) is 12.7. The highest BCUT2D eigenvalue weighted by molar-refractivity contribution is 7.21. The van der Waals surface area contributed by atoms with E-state index in [2.05, 4.69) is 84.0 Å². The number of fused-ring (bicyclic) bond motifs is 2. The zero-order chi connectivity index (χ0) is 28.2. The Labute approximate surface area is 240 Å². The quantitative estimate of drug-likeness (QED) is 0.242. The lowest BCUT2D eigenvalue weighted by Gasteiger charge is -2.23. The first-order valence-corrected chi connectivity index (χ1v) is 14.5. The van der Waals surface area contributed by atoms with Crippen LogP contribution in [0.2, 0.25) is 0 Å². The summed E-state index contributed by atoms with van der Waals surface area (Å²) in [6, 6.07) is 29.3. The first-order valence-electron chi connectivity index (χ1n) is 13.7. The van der Waals surface area contributed by atoms with Crippen LogP contribution in [-0.2, 0) is 10.8 Å². The van der Waals surface area contributed by atoms with Crippen LogP contribution in [0.25, 0.3) is 53.9 Å². The molecule has 40 heavy (non-hydrogen) atoms. The van der Waals surface area contributed by atoms with Gasteiger partial charge in [0.25, 0.3) is 0 Å². The minimum absolute atomic E-state index is 0.00960. The van der Waals surface area contributed by atoms with Gasteiger partial charge in [0.15, 0.2) is 0 Å². The minimum Gasteiger partial charge on any atom is -0.507 e. The highest BCUT2D eigenvalue weighted by Crippen LogP contribution is 2.42. The third-order valence-corrected chi connectivity index (χ3v) is 8.61. The molecular formula is C36H34N2OS. The summed E-state index contributed by atoms with van der Waals surface area (Å²) in [5.74, 6) is 0.264. The van der Waals surface area contributed by atoms with E-state index in [-0.39, 0.29) is 16.6 Å². The predicted octanol–water partition coefficient (Wildman–Crippen LogP) is 10.1. The van der Waals surface area contributed by atoms with Crippen LogP contribution in [0.3, 0.4) is 0 Å². The second-order valence-electron chi connectivity index (χ2n) is 12.6. The second kappa shape index (κ2) is 9.57. The number of pyridine rings is 1. The van der Waals surface area contributed by atoms with E-state index in [0.29, 0.717) is 0 Å². The van der Waals surface area contributed by atoms with Gasteiger partial charge in [-0.15, -0.1) is 11.3 Å². The zero-order valence-electron chi connectivity index (χ0n) is 23.9. The summed E-state index contributed by atoms with van der Waals surface area (Å²) in [4.78, 5) is 10.00. The van der Waals surface area contributed by atoms with Gasteiger partial charge in [-0.3, -0.25) is 4.98 Å². The topological polar surface area (TPSA) is 46.0 Å². The molecule has 6 aromatic rings. The van der Waals surface area contributed by atoms with Crippen molar-refractivity contribution in [1.29, 1.82) is 0 Å². The van der Waals surface area contributed by atoms with Crippen LogP contribution in [0.4, 0.5) is 0 Å². The zero-order valence-corrected chi connectivity index (χ0v) is 24.7. The number of aromatic hydroxyl groups is 1. The summed E-state index contributed by atoms with van der Waals surface area (Å²) >= 11 is 1.69. The van der Waals surface area contributed by atoms with E-state index < -0.39 is 0 Å². The first-order chi connectivity index (χ1) is 19.0. The number of phenols is 1. The number of aromatic nitrogens is 2. The second-order valence-corrected chi connectivity index (χ2v) is 13.6. The molecule has 200 valence electrons. The fraction of sp³-hybridized carbons (Fsp3) is 0.222. The molecule has 0 spiro atoms. The molecule has 0 aliphatic heterocycles. The molecule has 3 nitrogen and oxygen atoms in total. The molecule has 0 aliphatic rings. The van der Waals surface area contributed by atoms with Crippen molar-refractivity contribution in [2.45, 2.75) is 52.4 Å². The molecule has 2 aromatic heterocycles. The molecule has 0 saturated heterocycles. The van der Waals surface area contributed by atoms with Crippen molar-refractivity contribution in [3.8, 4) is 38.6 Å². The summed E-state index contributed by atoms with van der Waals surface area (Å²) < 4.78 is 1.10. The van der Waals surface area contributed by atoms with Gasteiger partial charge in [-0.25, -0.2) is 4.98 Å². The van der Waals surface area contributed by atoms with Crippen LogP contribution < -0.4 is 0 Å². The molecule has 0 aliphatic carbocycles. The summed E-state index contributed by atoms with van der Waals surface area (Å²) in [5.41, 5.74) is 9.56. The number of hydrogen-bond acceptors (Lipinski definition) is 4. The summed E-state index contributed by atoms with van der Waals surface area (Å²) in [6.45, 7) is 13.5. The Morgan fingerprint density at radius 2 is 1.32 bits per heavy atom. The molecule has 6 rings (SSSR count). The van der Waals surface area contributed by atoms with E-state index in [1.54, 1.807) is 17.4 Å². The third kappa shape index (κ3) is 4.77. The van der Waals surface area contributed by atoms with Gasteiger partial charge in [0, 0.05) is 33.8 Å². The summed E-state index contributed by atoms with van der Waals surface area (Å²) in [7, 11) is 0. The number of thiazole rings is 1. The van der Waals surface area contributed by atoms with Gasteiger partial charge in [-0.05, 0) is 70.0 Å². The fourth-order valence-electron chi connectivity index (χ4n) is 5.18. The molecule has 0 amide bonds. The van der Waals surface area contributed by atoms with Gasteiger partial charge in [-0.1, -0.05) is 84.0 Å². The highest BCUT2D eigenvalue weighted by Gasteiger charge is 2.22. The minimum atomic E-state index is -0.0483. The van der Waals surface area contributed by atoms with E-state index in [9.17, 15) is 5.11 Å².